The number of ether oxygens (including phenoxy) is 1. The van der Waals surface area contributed by atoms with E-state index in [1.165, 1.54) is 30.5 Å². The maximum atomic E-state index is 13.1. The van der Waals surface area contributed by atoms with Crippen molar-refractivity contribution in [2.75, 3.05) is 33.8 Å². The predicted octanol–water partition coefficient (Wildman–Crippen LogP) is 2.65. The fourth-order valence-corrected chi connectivity index (χ4v) is 3.97. The quantitative estimate of drug-likeness (QED) is 0.803. The summed E-state index contributed by atoms with van der Waals surface area (Å²) in [5, 5.41) is 0. The van der Waals surface area contributed by atoms with Gasteiger partial charge in [0.25, 0.3) is 0 Å². The summed E-state index contributed by atoms with van der Waals surface area (Å²) in [5.74, 6) is -0.264. The molecule has 0 aromatic heterocycles. The Hall–Kier alpha value is -1.80. The van der Waals surface area contributed by atoms with Crippen LogP contribution in [0.15, 0.2) is 53.4 Å². The summed E-state index contributed by atoms with van der Waals surface area (Å²) in [4.78, 5) is 2.52. The molecule has 140 valence electrons. The number of halogens is 1. The monoisotopic (exact) mass is 378 g/mol. The summed E-state index contributed by atoms with van der Waals surface area (Å²) in [6.45, 7) is 2.66. The van der Waals surface area contributed by atoms with Crippen LogP contribution in [-0.2, 0) is 21.3 Å². The Labute approximate surface area is 154 Å². The fourth-order valence-electron chi connectivity index (χ4n) is 3.00. The third-order valence-corrected chi connectivity index (χ3v) is 6.29. The Morgan fingerprint density at radius 2 is 1.92 bits per heavy atom. The van der Waals surface area contributed by atoms with Gasteiger partial charge in [-0.05, 0) is 35.4 Å². The van der Waals surface area contributed by atoms with Crippen LogP contribution < -0.4 is 0 Å². The standard InChI is InChI=1S/C19H23FN2O3S/c1-21(2)26(23,24)18-5-3-4-15(12-18)13-22-10-11-25-19(14-22)16-6-8-17(20)9-7-16/h3-9,12,19H,10-11,13-14H2,1-2H3. The molecule has 0 saturated carbocycles. The van der Waals surface area contributed by atoms with Gasteiger partial charge in [0.15, 0.2) is 0 Å². The zero-order chi connectivity index (χ0) is 18.7. The molecule has 2 aromatic carbocycles. The van der Waals surface area contributed by atoms with E-state index in [0.717, 1.165) is 17.7 Å². The largest absolute Gasteiger partial charge is 0.371 e. The third kappa shape index (κ3) is 4.29. The Kier molecular flexibility index (Phi) is 5.72. The summed E-state index contributed by atoms with van der Waals surface area (Å²) in [7, 11) is -0.393. The molecule has 26 heavy (non-hydrogen) atoms. The van der Waals surface area contributed by atoms with Gasteiger partial charge in [0.1, 0.15) is 5.82 Å². The molecule has 5 nitrogen and oxygen atoms in total. The highest BCUT2D eigenvalue weighted by Gasteiger charge is 2.23. The topological polar surface area (TPSA) is 49.9 Å². The van der Waals surface area contributed by atoms with E-state index >= 15 is 0 Å². The number of morpholine rings is 1. The number of nitrogens with zero attached hydrogens (tertiary/aromatic N) is 2. The van der Waals surface area contributed by atoms with Gasteiger partial charge in [-0.15, -0.1) is 0 Å². The van der Waals surface area contributed by atoms with Crippen molar-refractivity contribution in [3.63, 3.8) is 0 Å². The summed E-state index contributed by atoms with van der Waals surface area (Å²) < 4.78 is 44.7. The first kappa shape index (κ1) is 19.0. The van der Waals surface area contributed by atoms with Crippen LogP contribution in [0.25, 0.3) is 0 Å². The van der Waals surface area contributed by atoms with Gasteiger partial charge >= 0.3 is 0 Å². The van der Waals surface area contributed by atoms with Crippen molar-refractivity contribution in [2.45, 2.75) is 17.5 Å². The lowest BCUT2D eigenvalue weighted by atomic mass is 10.1. The number of benzene rings is 2. The molecule has 1 atom stereocenters. The number of hydrogen-bond donors (Lipinski definition) is 0. The van der Waals surface area contributed by atoms with Crippen molar-refractivity contribution >= 4 is 10.0 Å². The summed E-state index contributed by atoms with van der Waals surface area (Å²) in [6, 6.07) is 13.4. The van der Waals surface area contributed by atoms with E-state index in [1.54, 1.807) is 30.3 Å². The molecule has 1 saturated heterocycles. The summed E-state index contributed by atoms with van der Waals surface area (Å²) >= 11 is 0. The van der Waals surface area contributed by atoms with Gasteiger partial charge in [-0.25, -0.2) is 17.1 Å². The maximum Gasteiger partial charge on any atom is 0.242 e. The van der Waals surface area contributed by atoms with Crippen LogP contribution in [0.2, 0.25) is 0 Å². The molecule has 1 aliphatic heterocycles. The predicted molar refractivity (Wildman–Crippen MR) is 97.7 cm³/mol. The third-order valence-electron chi connectivity index (χ3n) is 4.48. The minimum absolute atomic E-state index is 0.113. The van der Waals surface area contributed by atoms with Crippen LogP contribution in [0, 0.1) is 5.82 Å². The second-order valence-electron chi connectivity index (χ2n) is 6.58. The second-order valence-corrected chi connectivity index (χ2v) is 8.73. The van der Waals surface area contributed by atoms with Crippen molar-refractivity contribution in [3.8, 4) is 0 Å². The number of rotatable bonds is 5. The van der Waals surface area contributed by atoms with Gasteiger partial charge in [0.2, 0.25) is 10.0 Å². The molecule has 2 aromatic rings. The molecule has 0 aliphatic carbocycles. The van der Waals surface area contributed by atoms with Gasteiger partial charge < -0.3 is 4.74 Å². The maximum absolute atomic E-state index is 13.1. The van der Waals surface area contributed by atoms with E-state index in [-0.39, 0.29) is 11.9 Å². The second kappa shape index (κ2) is 7.84. The Morgan fingerprint density at radius 1 is 1.19 bits per heavy atom. The molecule has 0 bridgehead atoms. The lowest BCUT2D eigenvalue weighted by Gasteiger charge is -2.33. The number of hydrogen-bond acceptors (Lipinski definition) is 4. The zero-order valence-electron chi connectivity index (χ0n) is 14.9. The molecular weight excluding hydrogens is 355 g/mol. The first-order valence-corrected chi connectivity index (χ1v) is 9.91. The molecule has 0 spiro atoms. The molecule has 0 amide bonds. The number of sulfonamides is 1. The molecule has 1 unspecified atom stereocenters. The minimum atomic E-state index is -3.44. The first-order chi connectivity index (χ1) is 12.4. The van der Waals surface area contributed by atoms with Gasteiger partial charge in [-0.2, -0.15) is 0 Å². The van der Waals surface area contributed by atoms with E-state index in [4.69, 9.17) is 4.74 Å². The average Bonchev–Trinajstić information content (AvgIpc) is 2.62. The molecule has 0 radical (unpaired) electrons. The van der Waals surface area contributed by atoms with Crippen LogP contribution in [0.3, 0.4) is 0 Å². The summed E-state index contributed by atoms with van der Waals surface area (Å²) in [6.07, 6.45) is -0.113. The van der Waals surface area contributed by atoms with Crippen molar-refractivity contribution in [1.29, 1.82) is 0 Å². The van der Waals surface area contributed by atoms with E-state index in [9.17, 15) is 12.8 Å². The average molecular weight is 378 g/mol. The van der Waals surface area contributed by atoms with E-state index in [1.807, 2.05) is 6.07 Å². The Morgan fingerprint density at radius 3 is 2.62 bits per heavy atom. The summed E-state index contributed by atoms with van der Waals surface area (Å²) in [5.41, 5.74) is 1.88. The van der Waals surface area contributed by atoms with Gasteiger partial charge in [-0.3, -0.25) is 4.90 Å². The molecule has 3 rings (SSSR count). The van der Waals surface area contributed by atoms with E-state index < -0.39 is 10.0 Å². The van der Waals surface area contributed by atoms with Gasteiger partial charge in [-0.1, -0.05) is 24.3 Å². The highest BCUT2D eigenvalue weighted by Crippen LogP contribution is 2.24. The minimum Gasteiger partial charge on any atom is -0.371 e. The molecule has 0 N–H and O–H groups in total. The van der Waals surface area contributed by atoms with Crippen molar-refractivity contribution in [3.05, 3.63) is 65.5 Å². The first-order valence-electron chi connectivity index (χ1n) is 8.47. The smallest absolute Gasteiger partial charge is 0.242 e. The fraction of sp³-hybridized carbons (Fsp3) is 0.368. The lowest BCUT2D eigenvalue weighted by Crippen LogP contribution is -2.37. The zero-order valence-corrected chi connectivity index (χ0v) is 15.7. The van der Waals surface area contributed by atoms with Crippen LogP contribution in [0.1, 0.15) is 17.2 Å². The molecule has 1 fully saturated rings. The Bertz CT molecular complexity index is 853. The van der Waals surface area contributed by atoms with Crippen molar-refractivity contribution in [1.82, 2.24) is 9.21 Å². The normalized spacial score (nSPS) is 19.0. The van der Waals surface area contributed by atoms with Gasteiger partial charge in [0.05, 0.1) is 17.6 Å². The van der Waals surface area contributed by atoms with Crippen LogP contribution in [0.5, 0.6) is 0 Å². The SMILES string of the molecule is CN(C)S(=O)(=O)c1cccc(CN2CCOC(c3ccc(F)cc3)C2)c1. The van der Waals surface area contributed by atoms with Crippen LogP contribution in [-0.4, -0.2) is 51.4 Å². The highest BCUT2D eigenvalue weighted by atomic mass is 32.2. The molecule has 7 heteroatoms. The molecule has 1 heterocycles. The molecular formula is C19H23FN2O3S. The van der Waals surface area contributed by atoms with E-state index in [0.29, 0.717) is 24.6 Å². The van der Waals surface area contributed by atoms with Crippen molar-refractivity contribution in [2.24, 2.45) is 0 Å². The Balaban J connectivity index is 1.72. The highest BCUT2D eigenvalue weighted by molar-refractivity contribution is 7.89. The van der Waals surface area contributed by atoms with Crippen molar-refractivity contribution < 1.29 is 17.5 Å². The lowest BCUT2D eigenvalue weighted by molar-refractivity contribution is -0.0329. The molecule has 1 aliphatic rings. The van der Waals surface area contributed by atoms with E-state index in [2.05, 4.69) is 4.90 Å². The van der Waals surface area contributed by atoms with Crippen LogP contribution in [0.4, 0.5) is 4.39 Å². The van der Waals surface area contributed by atoms with Crippen LogP contribution >= 0.6 is 0 Å². The van der Waals surface area contributed by atoms with Gasteiger partial charge in [0, 0.05) is 33.7 Å².